The summed E-state index contributed by atoms with van der Waals surface area (Å²) in [5, 5.41) is 0. The van der Waals surface area contributed by atoms with Crippen molar-refractivity contribution in [2.45, 2.75) is 72.1 Å². The second-order valence-electron chi connectivity index (χ2n) is 9.69. The first-order valence-electron chi connectivity index (χ1n) is 10.1. The predicted molar refractivity (Wildman–Crippen MR) is 95.4 cm³/mol. The molecule has 2 heteroatoms. The number of hydrogen-bond donors (Lipinski definition) is 0. The molecule has 4 aliphatic carbocycles. The van der Waals surface area contributed by atoms with Crippen LogP contribution in [-0.4, -0.2) is 12.1 Å². The molecule has 0 saturated heterocycles. The third kappa shape index (κ3) is 2.14. The number of hydrogen-bond acceptors (Lipinski definition) is 2. The lowest BCUT2D eigenvalue weighted by Crippen LogP contribution is -2.51. The van der Waals surface area contributed by atoms with Gasteiger partial charge in [-0.3, -0.25) is 4.79 Å². The maximum atomic E-state index is 11.9. The highest BCUT2D eigenvalue weighted by molar-refractivity contribution is 5.91. The fourth-order valence-electron chi connectivity index (χ4n) is 7.56. The minimum Gasteiger partial charge on any atom is -0.303 e. The molecule has 0 aromatic rings. The van der Waals surface area contributed by atoms with Crippen molar-refractivity contribution in [3.05, 3.63) is 11.6 Å². The van der Waals surface area contributed by atoms with E-state index < -0.39 is 0 Å². The van der Waals surface area contributed by atoms with Crippen LogP contribution in [-0.2, 0) is 9.59 Å². The van der Waals surface area contributed by atoms with Gasteiger partial charge < -0.3 is 4.79 Å². The molecule has 0 amide bonds. The van der Waals surface area contributed by atoms with Crippen LogP contribution < -0.4 is 0 Å². The molecule has 0 bridgehead atoms. The van der Waals surface area contributed by atoms with Crippen molar-refractivity contribution in [1.82, 2.24) is 0 Å². The van der Waals surface area contributed by atoms with Crippen LogP contribution in [0.25, 0.3) is 0 Å². The van der Waals surface area contributed by atoms with E-state index in [9.17, 15) is 9.59 Å². The van der Waals surface area contributed by atoms with Gasteiger partial charge in [-0.25, -0.2) is 0 Å². The maximum Gasteiger partial charge on any atom is 0.155 e. The lowest BCUT2D eigenvalue weighted by atomic mass is 9.46. The van der Waals surface area contributed by atoms with Crippen LogP contribution in [0.5, 0.6) is 0 Å². The van der Waals surface area contributed by atoms with Crippen LogP contribution in [0.1, 0.15) is 72.1 Å². The summed E-state index contributed by atoms with van der Waals surface area (Å²) < 4.78 is 0. The number of allylic oxidation sites excluding steroid dienone is 1. The third-order valence-electron chi connectivity index (χ3n) is 8.88. The monoisotopic (exact) mass is 328 g/mol. The minimum absolute atomic E-state index is 0.207. The summed E-state index contributed by atoms with van der Waals surface area (Å²) in [6.45, 7) is 7.07. The molecular weight excluding hydrogens is 296 g/mol. The van der Waals surface area contributed by atoms with Gasteiger partial charge in [0.25, 0.3) is 0 Å². The molecule has 0 N–H and O–H groups in total. The minimum atomic E-state index is 0.207. The normalized spacial score (nSPS) is 48.8. The summed E-state index contributed by atoms with van der Waals surface area (Å²) in [6.07, 6.45) is 12.5. The molecule has 0 aromatic heterocycles. The van der Waals surface area contributed by atoms with Gasteiger partial charge in [-0.05, 0) is 85.5 Å². The lowest BCUT2D eigenvalue weighted by Gasteiger charge is -2.58. The zero-order valence-electron chi connectivity index (χ0n) is 15.5. The summed E-state index contributed by atoms with van der Waals surface area (Å²) in [7, 11) is 0. The summed E-state index contributed by atoms with van der Waals surface area (Å²) in [5.74, 6) is 3.50. The van der Waals surface area contributed by atoms with Crippen molar-refractivity contribution in [2.75, 3.05) is 0 Å². The SMILES string of the molecule is C[C@@H](C=O)[C@H]1CC[C@H]2[C@H]3CCC4=CC(=O)CC[C@@]4(C)[C@@H]3CC[C@]12C. The summed E-state index contributed by atoms with van der Waals surface area (Å²) in [4.78, 5) is 23.3. The van der Waals surface area contributed by atoms with Crippen LogP contribution in [0.15, 0.2) is 11.6 Å². The van der Waals surface area contributed by atoms with E-state index in [1.165, 1.54) is 44.0 Å². The van der Waals surface area contributed by atoms with Gasteiger partial charge in [0.2, 0.25) is 0 Å². The highest BCUT2D eigenvalue weighted by atomic mass is 16.1. The summed E-state index contributed by atoms with van der Waals surface area (Å²) in [5.41, 5.74) is 2.09. The smallest absolute Gasteiger partial charge is 0.155 e. The number of fused-ring (bicyclic) bond motifs is 5. The first kappa shape index (κ1) is 16.5. The quantitative estimate of drug-likeness (QED) is 0.671. The predicted octanol–water partition coefficient (Wildman–Crippen LogP) is 4.97. The zero-order valence-corrected chi connectivity index (χ0v) is 15.5. The first-order valence-corrected chi connectivity index (χ1v) is 10.1. The zero-order chi connectivity index (χ0) is 17.1. The van der Waals surface area contributed by atoms with Crippen molar-refractivity contribution < 1.29 is 9.59 Å². The van der Waals surface area contributed by atoms with E-state index in [-0.39, 0.29) is 11.3 Å². The molecule has 24 heavy (non-hydrogen) atoms. The van der Waals surface area contributed by atoms with Gasteiger partial charge in [-0.2, -0.15) is 0 Å². The molecule has 4 aliphatic rings. The van der Waals surface area contributed by atoms with Gasteiger partial charge in [0.15, 0.2) is 5.78 Å². The van der Waals surface area contributed by atoms with E-state index in [1.807, 2.05) is 6.08 Å². The third-order valence-corrected chi connectivity index (χ3v) is 8.88. The molecule has 4 rings (SSSR count). The van der Waals surface area contributed by atoms with Crippen LogP contribution in [0, 0.1) is 40.4 Å². The Morgan fingerprint density at radius 3 is 2.62 bits per heavy atom. The van der Waals surface area contributed by atoms with Crippen LogP contribution in [0.4, 0.5) is 0 Å². The number of rotatable bonds is 2. The Bertz CT molecular complexity index is 591. The average molecular weight is 328 g/mol. The Balaban J connectivity index is 1.65. The van der Waals surface area contributed by atoms with Gasteiger partial charge in [0, 0.05) is 12.3 Å². The Labute approximate surface area is 146 Å². The van der Waals surface area contributed by atoms with E-state index in [1.54, 1.807) is 0 Å². The number of carbonyl (C=O) groups excluding carboxylic acids is 2. The van der Waals surface area contributed by atoms with Gasteiger partial charge in [-0.15, -0.1) is 0 Å². The van der Waals surface area contributed by atoms with Crippen molar-refractivity contribution in [3.63, 3.8) is 0 Å². The Hall–Kier alpha value is -0.920. The Morgan fingerprint density at radius 2 is 1.88 bits per heavy atom. The largest absolute Gasteiger partial charge is 0.303 e. The second kappa shape index (κ2) is 5.54. The molecule has 2 nitrogen and oxygen atoms in total. The van der Waals surface area contributed by atoms with E-state index >= 15 is 0 Å². The van der Waals surface area contributed by atoms with Crippen molar-refractivity contribution in [1.29, 1.82) is 0 Å². The maximum absolute atomic E-state index is 11.9. The summed E-state index contributed by atoms with van der Waals surface area (Å²) >= 11 is 0. The van der Waals surface area contributed by atoms with E-state index in [4.69, 9.17) is 0 Å². The Kier molecular flexibility index (Phi) is 3.82. The average Bonchev–Trinajstić information content (AvgIpc) is 2.92. The van der Waals surface area contributed by atoms with Crippen LogP contribution >= 0.6 is 0 Å². The Morgan fingerprint density at radius 1 is 1.08 bits per heavy atom. The molecule has 3 saturated carbocycles. The van der Waals surface area contributed by atoms with Gasteiger partial charge in [-0.1, -0.05) is 26.3 Å². The highest BCUT2D eigenvalue weighted by Crippen LogP contribution is 2.67. The van der Waals surface area contributed by atoms with Crippen molar-refractivity contribution in [2.24, 2.45) is 40.4 Å². The first-order chi connectivity index (χ1) is 11.4. The van der Waals surface area contributed by atoms with Gasteiger partial charge in [0.05, 0.1) is 0 Å². The number of aldehydes is 1. The fourth-order valence-corrected chi connectivity index (χ4v) is 7.56. The van der Waals surface area contributed by atoms with Crippen molar-refractivity contribution in [3.8, 4) is 0 Å². The molecule has 0 spiro atoms. The second-order valence-corrected chi connectivity index (χ2v) is 9.69. The topological polar surface area (TPSA) is 34.1 Å². The summed E-state index contributed by atoms with van der Waals surface area (Å²) in [6, 6.07) is 0. The molecule has 0 unspecified atom stereocenters. The molecule has 0 aromatic carbocycles. The van der Waals surface area contributed by atoms with Crippen LogP contribution in [0.2, 0.25) is 0 Å². The fraction of sp³-hybridized carbons (Fsp3) is 0.818. The number of ketones is 1. The lowest BCUT2D eigenvalue weighted by molar-refractivity contribution is -0.118. The molecule has 3 fully saturated rings. The molecule has 0 aliphatic heterocycles. The molecule has 7 atom stereocenters. The number of carbonyl (C=O) groups is 2. The highest BCUT2D eigenvalue weighted by Gasteiger charge is 2.59. The molecule has 0 heterocycles. The van der Waals surface area contributed by atoms with E-state index in [0.717, 1.165) is 37.0 Å². The molecule has 132 valence electrons. The van der Waals surface area contributed by atoms with Gasteiger partial charge >= 0.3 is 0 Å². The standard InChI is InChI=1S/C22H32O2/c1-14(13-23)18-6-7-19-17-5-4-15-12-16(24)8-10-21(15,2)20(17)9-11-22(18,19)3/h12-14,17-20H,4-11H2,1-3H3/t14-,17+,18+,19-,20+,21+,22+/m0/s1. The van der Waals surface area contributed by atoms with Crippen LogP contribution in [0.3, 0.4) is 0 Å². The van der Waals surface area contributed by atoms with Crippen molar-refractivity contribution >= 4 is 12.1 Å². The molecule has 0 radical (unpaired) electrons. The van der Waals surface area contributed by atoms with E-state index in [2.05, 4.69) is 20.8 Å². The molecular formula is C22H32O2. The van der Waals surface area contributed by atoms with Gasteiger partial charge in [0.1, 0.15) is 6.29 Å². The van der Waals surface area contributed by atoms with E-state index in [0.29, 0.717) is 17.1 Å².